The quantitative estimate of drug-likeness (QED) is 0.753. The van der Waals surface area contributed by atoms with Crippen LogP contribution in [0.15, 0.2) is 48.7 Å². The normalized spacial score (nSPS) is 16.7. The lowest BCUT2D eigenvalue weighted by Gasteiger charge is -2.31. The third-order valence-electron chi connectivity index (χ3n) is 5.18. The van der Waals surface area contributed by atoms with Crippen LogP contribution in [-0.2, 0) is 0 Å². The van der Waals surface area contributed by atoms with Gasteiger partial charge in [0.2, 0.25) is 0 Å². The largest absolute Gasteiger partial charge is 0.350 e. The molecule has 1 aromatic carbocycles. The molecule has 1 N–H and O–H groups in total. The first-order chi connectivity index (χ1) is 13.3. The molecule has 4 rings (SSSR count). The Kier molecular flexibility index (Phi) is 5.39. The second-order valence-electron chi connectivity index (χ2n) is 6.98. The van der Waals surface area contributed by atoms with Gasteiger partial charge in [-0.3, -0.25) is 9.69 Å². The number of tetrazole rings is 1. The monoisotopic (exact) mass is 364 g/mol. The van der Waals surface area contributed by atoms with E-state index in [1.807, 2.05) is 6.07 Å². The average Bonchev–Trinajstić information content (AvgIpc) is 3.02. The topological polar surface area (TPSA) is 75.4 Å². The van der Waals surface area contributed by atoms with Crippen molar-refractivity contribution in [1.29, 1.82) is 0 Å². The van der Waals surface area contributed by atoms with Gasteiger partial charge in [-0.2, -0.15) is 0 Å². The Bertz CT molecular complexity index is 886. The van der Waals surface area contributed by atoms with E-state index in [1.165, 1.54) is 31.2 Å². The maximum Gasteiger partial charge on any atom is 0.251 e. The highest BCUT2D eigenvalue weighted by molar-refractivity contribution is 5.94. The molecule has 7 heteroatoms. The number of rotatable bonds is 5. The number of pyridine rings is 1. The average molecular weight is 364 g/mol. The molecule has 0 saturated carbocycles. The number of carbonyl (C=O) groups is 1. The Morgan fingerprint density at radius 3 is 2.63 bits per heavy atom. The van der Waals surface area contributed by atoms with Gasteiger partial charge in [-0.25, -0.2) is 4.52 Å². The molecule has 0 spiro atoms. The van der Waals surface area contributed by atoms with Gasteiger partial charge in [0.25, 0.3) is 5.91 Å². The molecule has 2 aromatic heterocycles. The van der Waals surface area contributed by atoms with Crippen molar-refractivity contribution in [3.05, 3.63) is 59.8 Å². The van der Waals surface area contributed by atoms with Crippen molar-refractivity contribution < 1.29 is 4.79 Å². The summed E-state index contributed by atoms with van der Waals surface area (Å²) >= 11 is 0. The van der Waals surface area contributed by atoms with Crippen molar-refractivity contribution in [2.45, 2.75) is 31.7 Å². The summed E-state index contributed by atoms with van der Waals surface area (Å²) in [6, 6.07) is 14.1. The van der Waals surface area contributed by atoms with Crippen LogP contribution in [0.5, 0.6) is 0 Å². The number of aromatic nitrogens is 4. The number of nitrogens with zero attached hydrogens (tertiary/aromatic N) is 5. The lowest BCUT2D eigenvalue weighted by molar-refractivity contribution is 0.0933. The molecule has 1 atom stereocenters. The molecule has 0 bridgehead atoms. The number of carbonyl (C=O) groups excluding carboxylic acids is 1. The van der Waals surface area contributed by atoms with E-state index >= 15 is 0 Å². The molecule has 3 heterocycles. The van der Waals surface area contributed by atoms with Gasteiger partial charge in [0.05, 0.1) is 6.04 Å². The minimum atomic E-state index is -0.101. The molecular weight excluding hydrogens is 340 g/mol. The van der Waals surface area contributed by atoms with E-state index in [-0.39, 0.29) is 11.9 Å². The van der Waals surface area contributed by atoms with E-state index in [4.69, 9.17) is 0 Å². The third-order valence-corrected chi connectivity index (χ3v) is 5.18. The van der Waals surface area contributed by atoms with Gasteiger partial charge in [-0.1, -0.05) is 43.2 Å². The second-order valence-corrected chi connectivity index (χ2v) is 6.98. The van der Waals surface area contributed by atoms with Gasteiger partial charge < -0.3 is 5.32 Å². The van der Waals surface area contributed by atoms with Crippen molar-refractivity contribution in [2.24, 2.45) is 0 Å². The molecule has 27 heavy (non-hydrogen) atoms. The summed E-state index contributed by atoms with van der Waals surface area (Å²) in [7, 11) is 0. The van der Waals surface area contributed by atoms with Gasteiger partial charge in [0, 0.05) is 18.3 Å². The maximum atomic E-state index is 12.7. The number of benzene rings is 1. The summed E-state index contributed by atoms with van der Waals surface area (Å²) in [6.45, 7) is 2.73. The molecule has 0 unspecified atom stereocenters. The van der Waals surface area contributed by atoms with Gasteiger partial charge in [-0.05, 0) is 54.1 Å². The van der Waals surface area contributed by atoms with Crippen LogP contribution >= 0.6 is 0 Å². The molecular formula is C20H24N6O. The van der Waals surface area contributed by atoms with E-state index in [0.29, 0.717) is 17.8 Å². The summed E-state index contributed by atoms with van der Waals surface area (Å²) < 4.78 is 1.54. The highest BCUT2D eigenvalue weighted by Crippen LogP contribution is 2.23. The maximum absolute atomic E-state index is 12.7. The van der Waals surface area contributed by atoms with Crippen molar-refractivity contribution in [2.75, 3.05) is 19.6 Å². The fourth-order valence-corrected chi connectivity index (χ4v) is 3.71. The number of nitrogens with one attached hydrogen (secondary N) is 1. The summed E-state index contributed by atoms with van der Waals surface area (Å²) in [5.74, 6) is -0.101. The molecule has 0 radical (unpaired) electrons. The lowest BCUT2D eigenvalue weighted by Crippen LogP contribution is -2.38. The SMILES string of the molecule is O=C(NC[C@@H](c1ccccc1)N1CCCCCC1)c1ccn2nnnc2c1. The van der Waals surface area contributed by atoms with Crippen LogP contribution in [-0.4, -0.2) is 50.5 Å². The highest BCUT2D eigenvalue weighted by Gasteiger charge is 2.22. The standard InChI is InChI=1S/C20H24N6O/c27-20(17-10-13-26-19(14-17)22-23-24-26)21-15-18(16-8-4-3-5-9-16)25-11-6-1-2-7-12-25/h3-5,8-10,13-14,18H,1-2,6-7,11-12,15H2,(H,21,27)/t18-/m0/s1. The molecule has 1 saturated heterocycles. The zero-order valence-corrected chi connectivity index (χ0v) is 15.3. The summed E-state index contributed by atoms with van der Waals surface area (Å²) in [4.78, 5) is 15.2. The van der Waals surface area contributed by atoms with Gasteiger partial charge in [0.1, 0.15) is 0 Å². The van der Waals surface area contributed by atoms with Gasteiger partial charge in [0.15, 0.2) is 5.65 Å². The predicted molar refractivity (Wildman–Crippen MR) is 102 cm³/mol. The fraction of sp³-hybridized carbons (Fsp3) is 0.400. The molecule has 1 amide bonds. The Balaban J connectivity index is 1.49. The molecule has 1 aliphatic rings. The van der Waals surface area contributed by atoms with Crippen LogP contribution in [0.2, 0.25) is 0 Å². The Morgan fingerprint density at radius 2 is 1.85 bits per heavy atom. The Labute approximate surface area is 158 Å². The zero-order valence-electron chi connectivity index (χ0n) is 15.3. The van der Waals surface area contributed by atoms with Crippen LogP contribution in [0.25, 0.3) is 5.65 Å². The van der Waals surface area contributed by atoms with Gasteiger partial charge >= 0.3 is 0 Å². The first-order valence-electron chi connectivity index (χ1n) is 9.56. The Morgan fingerprint density at radius 1 is 1.07 bits per heavy atom. The van der Waals surface area contributed by atoms with E-state index in [0.717, 1.165) is 13.1 Å². The van der Waals surface area contributed by atoms with Gasteiger partial charge in [-0.15, -0.1) is 5.10 Å². The third kappa shape index (κ3) is 4.14. The molecule has 140 valence electrons. The van der Waals surface area contributed by atoms with Crippen LogP contribution in [0.4, 0.5) is 0 Å². The van der Waals surface area contributed by atoms with Crippen LogP contribution in [0, 0.1) is 0 Å². The molecule has 1 fully saturated rings. The van der Waals surface area contributed by atoms with Crippen molar-refractivity contribution in [1.82, 2.24) is 30.3 Å². The number of hydrogen-bond acceptors (Lipinski definition) is 5. The van der Waals surface area contributed by atoms with Crippen molar-refractivity contribution >= 4 is 11.6 Å². The van der Waals surface area contributed by atoms with Crippen molar-refractivity contribution in [3.8, 4) is 0 Å². The first-order valence-corrected chi connectivity index (χ1v) is 9.56. The van der Waals surface area contributed by atoms with E-state index in [9.17, 15) is 4.79 Å². The minimum absolute atomic E-state index is 0.101. The lowest BCUT2D eigenvalue weighted by atomic mass is 10.0. The Hall–Kier alpha value is -2.80. The number of amides is 1. The molecule has 0 aliphatic carbocycles. The molecule has 1 aliphatic heterocycles. The van der Waals surface area contributed by atoms with E-state index in [1.54, 1.807) is 22.8 Å². The summed E-state index contributed by atoms with van der Waals surface area (Å²) in [6.07, 6.45) is 6.71. The summed E-state index contributed by atoms with van der Waals surface area (Å²) in [5.41, 5.74) is 2.38. The zero-order chi connectivity index (χ0) is 18.5. The van der Waals surface area contributed by atoms with E-state index in [2.05, 4.69) is 50.0 Å². The highest BCUT2D eigenvalue weighted by atomic mass is 16.1. The van der Waals surface area contributed by atoms with Crippen LogP contribution in [0.1, 0.15) is 47.6 Å². The van der Waals surface area contributed by atoms with E-state index < -0.39 is 0 Å². The van der Waals surface area contributed by atoms with Crippen LogP contribution in [0.3, 0.4) is 0 Å². The minimum Gasteiger partial charge on any atom is -0.350 e. The fourth-order valence-electron chi connectivity index (χ4n) is 3.71. The molecule has 7 nitrogen and oxygen atoms in total. The number of hydrogen-bond donors (Lipinski definition) is 1. The second kappa shape index (κ2) is 8.26. The van der Waals surface area contributed by atoms with Crippen LogP contribution < -0.4 is 5.32 Å². The number of fused-ring (bicyclic) bond motifs is 1. The number of likely N-dealkylation sites (tertiary alicyclic amines) is 1. The summed E-state index contributed by atoms with van der Waals surface area (Å²) in [5, 5.41) is 14.4. The smallest absolute Gasteiger partial charge is 0.251 e. The molecule has 3 aromatic rings. The first kappa shape index (κ1) is 17.6. The predicted octanol–water partition coefficient (Wildman–Crippen LogP) is 2.47. The van der Waals surface area contributed by atoms with Crippen molar-refractivity contribution in [3.63, 3.8) is 0 Å².